The molecule has 0 aromatic heterocycles. The average molecular weight is 253 g/mol. The van der Waals surface area contributed by atoms with Crippen LogP contribution in [0.5, 0.6) is 5.75 Å². The van der Waals surface area contributed by atoms with Crippen molar-refractivity contribution in [2.45, 2.75) is 32.2 Å². The smallest absolute Gasteiger partial charge is 0.171 e. The minimum atomic E-state index is -0.252. The summed E-state index contributed by atoms with van der Waals surface area (Å²) in [6.45, 7) is 4.14. The van der Waals surface area contributed by atoms with E-state index in [2.05, 4.69) is 18.3 Å². The highest BCUT2D eigenvalue weighted by Gasteiger charge is 2.18. The molecule has 0 spiro atoms. The molecule has 102 valence electrons. The molecule has 1 unspecified atom stereocenters. The Morgan fingerprint density at radius 3 is 2.28 bits per heavy atom. The van der Waals surface area contributed by atoms with Crippen LogP contribution in [0.4, 0.5) is 0 Å². The maximum absolute atomic E-state index is 5.23. The molecule has 0 fully saturated rings. The standard InChI is InChI=1S/C14H23NO3/c1-10(15-11(2)14(17-4)18-5)12-7-6-8-13(9-12)16-3/h6-11,14-15H,1-5H3/t10-,11?/m1/s1. The Bertz CT molecular complexity index is 353. The van der Waals surface area contributed by atoms with Crippen LogP contribution < -0.4 is 10.1 Å². The van der Waals surface area contributed by atoms with Gasteiger partial charge in [-0.3, -0.25) is 0 Å². The first kappa shape index (κ1) is 15.0. The van der Waals surface area contributed by atoms with E-state index in [9.17, 15) is 0 Å². The zero-order chi connectivity index (χ0) is 13.5. The quantitative estimate of drug-likeness (QED) is 0.757. The van der Waals surface area contributed by atoms with Crippen molar-refractivity contribution in [3.8, 4) is 5.75 Å². The summed E-state index contributed by atoms with van der Waals surface area (Å²) in [7, 11) is 4.96. The zero-order valence-corrected chi connectivity index (χ0v) is 11.8. The second-order valence-corrected chi connectivity index (χ2v) is 4.29. The van der Waals surface area contributed by atoms with Crippen LogP contribution >= 0.6 is 0 Å². The molecule has 1 aromatic rings. The monoisotopic (exact) mass is 253 g/mol. The molecule has 0 aliphatic carbocycles. The van der Waals surface area contributed by atoms with Crippen LogP contribution in [0.2, 0.25) is 0 Å². The second-order valence-electron chi connectivity index (χ2n) is 4.29. The van der Waals surface area contributed by atoms with E-state index in [0.29, 0.717) is 0 Å². The summed E-state index contributed by atoms with van der Waals surface area (Å²) >= 11 is 0. The SMILES string of the molecule is COc1cccc([C@@H](C)NC(C)C(OC)OC)c1. The Hall–Kier alpha value is -1.10. The van der Waals surface area contributed by atoms with Gasteiger partial charge in [0.2, 0.25) is 0 Å². The lowest BCUT2D eigenvalue weighted by Gasteiger charge is -2.26. The molecule has 1 aromatic carbocycles. The molecule has 0 radical (unpaired) electrons. The van der Waals surface area contributed by atoms with Gasteiger partial charge in [0.1, 0.15) is 5.75 Å². The molecule has 0 aliphatic heterocycles. The van der Waals surface area contributed by atoms with E-state index in [4.69, 9.17) is 14.2 Å². The molecule has 0 heterocycles. The maximum atomic E-state index is 5.23. The third-order valence-electron chi connectivity index (χ3n) is 2.98. The molecule has 4 nitrogen and oxygen atoms in total. The summed E-state index contributed by atoms with van der Waals surface area (Å²) in [5.74, 6) is 0.865. The van der Waals surface area contributed by atoms with Crippen molar-refractivity contribution in [2.75, 3.05) is 21.3 Å². The van der Waals surface area contributed by atoms with Gasteiger partial charge < -0.3 is 19.5 Å². The summed E-state index contributed by atoms with van der Waals surface area (Å²) in [6.07, 6.45) is -0.252. The van der Waals surface area contributed by atoms with Gasteiger partial charge in [-0.05, 0) is 31.5 Å². The largest absolute Gasteiger partial charge is 0.497 e. The predicted octanol–water partition coefficient (Wildman–Crippen LogP) is 2.35. The van der Waals surface area contributed by atoms with E-state index < -0.39 is 0 Å². The van der Waals surface area contributed by atoms with E-state index in [-0.39, 0.29) is 18.4 Å². The third kappa shape index (κ3) is 3.98. The van der Waals surface area contributed by atoms with E-state index in [1.54, 1.807) is 21.3 Å². The summed E-state index contributed by atoms with van der Waals surface area (Å²) in [5.41, 5.74) is 1.17. The fourth-order valence-corrected chi connectivity index (χ4v) is 1.98. The first-order valence-electron chi connectivity index (χ1n) is 6.08. The molecule has 1 rings (SSSR count). The summed E-state index contributed by atoms with van der Waals surface area (Å²) in [6, 6.07) is 8.32. The van der Waals surface area contributed by atoms with Crippen LogP contribution in [0.1, 0.15) is 25.5 Å². The van der Waals surface area contributed by atoms with Gasteiger partial charge in [0.25, 0.3) is 0 Å². The van der Waals surface area contributed by atoms with Crippen molar-refractivity contribution >= 4 is 0 Å². The highest BCUT2D eigenvalue weighted by atomic mass is 16.7. The minimum absolute atomic E-state index is 0.0983. The topological polar surface area (TPSA) is 39.7 Å². The van der Waals surface area contributed by atoms with Gasteiger partial charge in [0, 0.05) is 20.3 Å². The van der Waals surface area contributed by atoms with Gasteiger partial charge in [-0.25, -0.2) is 0 Å². The van der Waals surface area contributed by atoms with Gasteiger partial charge in [0.15, 0.2) is 6.29 Å². The molecule has 1 N–H and O–H groups in total. The molecule has 0 bridgehead atoms. The van der Waals surface area contributed by atoms with Crippen molar-refractivity contribution in [1.82, 2.24) is 5.32 Å². The number of nitrogens with one attached hydrogen (secondary N) is 1. The fraction of sp³-hybridized carbons (Fsp3) is 0.571. The van der Waals surface area contributed by atoms with Crippen molar-refractivity contribution in [3.63, 3.8) is 0 Å². The van der Waals surface area contributed by atoms with E-state index in [0.717, 1.165) is 5.75 Å². The van der Waals surface area contributed by atoms with Crippen molar-refractivity contribution in [3.05, 3.63) is 29.8 Å². The molecule has 2 atom stereocenters. The summed E-state index contributed by atoms with van der Waals surface area (Å²) in [4.78, 5) is 0. The van der Waals surface area contributed by atoms with Crippen LogP contribution in [0.3, 0.4) is 0 Å². The van der Waals surface area contributed by atoms with Gasteiger partial charge in [-0.1, -0.05) is 12.1 Å². The number of methoxy groups -OCH3 is 3. The summed E-state index contributed by atoms with van der Waals surface area (Å²) in [5, 5.41) is 3.44. The zero-order valence-electron chi connectivity index (χ0n) is 11.8. The Morgan fingerprint density at radius 2 is 1.72 bits per heavy atom. The molecule has 0 saturated carbocycles. The Labute approximate surface area is 109 Å². The fourth-order valence-electron chi connectivity index (χ4n) is 1.98. The minimum Gasteiger partial charge on any atom is -0.497 e. The lowest BCUT2D eigenvalue weighted by molar-refractivity contribution is -0.120. The summed E-state index contributed by atoms with van der Waals surface area (Å²) < 4.78 is 15.7. The number of ether oxygens (including phenoxy) is 3. The first-order chi connectivity index (χ1) is 8.62. The van der Waals surface area contributed by atoms with E-state index in [1.165, 1.54) is 5.56 Å². The molecular formula is C14H23NO3. The van der Waals surface area contributed by atoms with Gasteiger partial charge >= 0.3 is 0 Å². The van der Waals surface area contributed by atoms with Crippen molar-refractivity contribution < 1.29 is 14.2 Å². The van der Waals surface area contributed by atoms with Crippen LogP contribution in [0.25, 0.3) is 0 Å². The molecular weight excluding hydrogens is 230 g/mol. The van der Waals surface area contributed by atoms with Gasteiger partial charge in [-0.15, -0.1) is 0 Å². The molecule has 18 heavy (non-hydrogen) atoms. The lowest BCUT2D eigenvalue weighted by Crippen LogP contribution is -2.40. The Morgan fingerprint density at radius 1 is 1.06 bits per heavy atom. The van der Waals surface area contributed by atoms with Crippen molar-refractivity contribution in [1.29, 1.82) is 0 Å². The number of hydrogen-bond acceptors (Lipinski definition) is 4. The van der Waals surface area contributed by atoms with Gasteiger partial charge in [0.05, 0.1) is 13.2 Å². The maximum Gasteiger partial charge on any atom is 0.171 e. The molecule has 4 heteroatoms. The lowest BCUT2D eigenvalue weighted by atomic mass is 10.1. The van der Waals surface area contributed by atoms with Crippen LogP contribution in [0, 0.1) is 0 Å². The highest BCUT2D eigenvalue weighted by Crippen LogP contribution is 2.19. The normalized spacial score (nSPS) is 14.6. The van der Waals surface area contributed by atoms with E-state index >= 15 is 0 Å². The molecule has 0 aliphatic rings. The van der Waals surface area contributed by atoms with Crippen LogP contribution in [0.15, 0.2) is 24.3 Å². The third-order valence-corrected chi connectivity index (χ3v) is 2.98. The number of benzene rings is 1. The number of rotatable bonds is 7. The van der Waals surface area contributed by atoms with Crippen molar-refractivity contribution in [2.24, 2.45) is 0 Å². The predicted molar refractivity (Wildman–Crippen MR) is 71.8 cm³/mol. The highest BCUT2D eigenvalue weighted by molar-refractivity contribution is 5.30. The Kier molecular flexibility index (Phi) is 6.12. The Balaban J connectivity index is 2.66. The average Bonchev–Trinajstić information content (AvgIpc) is 2.40. The van der Waals surface area contributed by atoms with Gasteiger partial charge in [-0.2, -0.15) is 0 Å². The van der Waals surface area contributed by atoms with E-state index in [1.807, 2.05) is 25.1 Å². The molecule has 0 amide bonds. The molecule has 0 saturated heterocycles. The van der Waals surface area contributed by atoms with Crippen LogP contribution in [-0.4, -0.2) is 33.7 Å². The first-order valence-corrected chi connectivity index (χ1v) is 6.08. The van der Waals surface area contributed by atoms with Crippen LogP contribution in [-0.2, 0) is 9.47 Å². The second kappa shape index (κ2) is 7.36. The number of hydrogen-bond donors (Lipinski definition) is 1.